The number of fused-ring (bicyclic) bond motifs is 1. The molecule has 5 nitrogen and oxygen atoms in total. The number of phenolic OH excluding ortho intramolecular Hbond substituents is 1. The molecule has 8 heteroatoms. The summed E-state index contributed by atoms with van der Waals surface area (Å²) in [6.45, 7) is 0. The molecule has 27 heavy (non-hydrogen) atoms. The van der Waals surface area contributed by atoms with Gasteiger partial charge in [-0.15, -0.1) is 5.11 Å². The van der Waals surface area contributed by atoms with Gasteiger partial charge in [-0.1, -0.05) is 46.9 Å². The molecule has 0 bridgehead atoms. The molecular formula is C19H11Cl3N4O. The summed E-state index contributed by atoms with van der Waals surface area (Å²) < 4.78 is 0. The van der Waals surface area contributed by atoms with Crippen molar-refractivity contribution in [1.82, 2.24) is 9.97 Å². The van der Waals surface area contributed by atoms with E-state index in [2.05, 4.69) is 20.2 Å². The molecule has 1 aromatic heterocycles. The Labute approximate surface area is 169 Å². The minimum absolute atomic E-state index is 0.0839. The third-order valence-corrected chi connectivity index (χ3v) is 4.91. The maximum absolute atomic E-state index is 10.2. The Morgan fingerprint density at radius 3 is 2.44 bits per heavy atom. The second-order valence-electron chi connectivity index (χ2n) is 5.72. The number of hydrogen-bond donors (Lipinski definition) is 2. The summed E-state index contributed by atoms with van der Waals surface area (Å²) in [4.78, 5) is 7.68. The van der Waals surface area contributed by atoms with Gasteiger partial charge in [0.1, 0.15) is 17.3 Å². The van der Waals surface area contributed by atoms with E-state index < -0.39 is 0 Å². The molecular weight excluding hydrogens is 407 g/mol. The van der Waals surface area contributed by atoms with Crippen LogP contribution in [0.5, 0.6) is 5.75 Å². The number of H-pyrrole nitrogens is 1. The number of hydrogen-bond acceptors (Lipinski definition) is 4. The Balaban J connectivity index is 1.71. The quantitative estimate of drug-likeness (QED) is 0.271. The lowest BCUT2D eigenvalue weighted by Gasteiger charge is -2.03. The first kappa shape index (κ1) is 17.8. The Kier molecular flexibility index (Phi) is 4.74. The van der Waals surface area contributed by atoms with Crippen molar-refractivity contribution in [2.75, 3.05) is 0 Å². The lowest BCUT2D eigenvalue weighted by atomic mass is 10.1. The number of nitrogens with one attached hydrogen (secondary N) is 1. The zero-order chi connectivity index (χ0) is 19.0. The van der Waals surface area contributed by atoms with Crippen molar-refractivity contribution in [3.63, 3.8) is 0 Å². The van der Waals surface area contributed by atoms with Crippen LogP contribution in [-0.2, 0) is 0 Å². The monoisotopic (exact) mass is 416 g/mol. The lowest BCUT2D eigenvalue weighted by molar-refractivity contribution is 0.477. The molecule has 0 aliphatic heterocycles. The van der Waals surface area contributed by atoms with E-state index in [1.807, 2.05) is 24.3 Å². The number of phenols is 1. The molecule has 0 aliphatic carbocycles. The number of aromatic nitrogens is 2. The number of azo groups is 1. The molecule has 0 saturated heterocycles. The molecule has 0 radical (unpaired) electrons. The molecule has 0 unspecified atom stereocenters. The number of rotatable bonds is 3. The molecule has 1 heterocycles. The largest absolute Gasteiger partial charge is 0.507 e. The van der Waals surface area contributed by atoms with Gasteiger partial charge in [0.25, 0.3) is 0 Å². The average molecular weight is 418 g/mol. The number of halogens is 3. The summed E-state index contributed by atoms with van der Waals surface area (Å²) in [5, 5.41) is 19.5. The number of benzene rings is 3. The zero-order valence-electron chi connectivity index (χ0n) is 13.6. The number of aromatic hydroxyl groups is 1. The van der Waals surface area contributed by atoms with E-state index in [9.17, 15) is 5.11 Å². The third kappa shape index (κ3) is 3.62. The smallest absolute Gasteiger partial charge is 0.142 e. The maximum Gasteiger partial charge on any atom is 0.142 e. The molecule has 0 spiro atoms. The Bertz CT molecular complexity index is 1150. The van der Waals surface area contributed by atoms with Gasteiger partial charge in [0.05, 0.1) is 37.4 Å². The predicted molar refractivity (Wildman–Crippen MR) is 109 cm³/mol. The van der Waals surface area contributed by atoms with Crippen molar-refractivity contribution in [2.45, 2.75) is 0 Å². The van der Waals surface area contributed by atoms with E-state index >= 15 is 0 Å². The zero-order valence-corrected chi connectivity index (χ0v) is 15.9. The van der Waals surface area contributed by atoms with Crippen molar-refractivity contribution < 1.29 is 5.11 Å². The SMILES string of the molecule is Oc1ccc(N=Nc2cc(Cl)c(Cl)cc2Cl)cc1-c1nc2ccccc2[nH]1. The highest BCUT2D eigenvalue weighted by molar-refractivity contribution is 6.43. The molecule has 2 N–H and O–H groups in total. The minimum atomic E-state index is 0.0839. The van der Waals surface area contributed by atoms with Crippen LogP contribution < -0.4 is 0 Å². The Hall–Kier alpha value is -2.60. The number of imidazole rings is 1. The fraction of sp³-hybridized carbons (Fsp3) is 0. The van der Waals surface area contributed by atoms with E-state index in [4.69, 9.17) is 34.8 Å². The summed E-state index contributed by atoms with van der Waals surface area (Å²) in [5.74, 6) is 0.624. The Morgan fingerprint density at radius 1 is 0.852 bits per heavy atom. The number of nitrogens with zero attached hydrogens (tertiary/aromatic N) is 3. The molecule has 0 aliphatic rings. The van der Waals surface area contributed by atoms with Gasteiger partial charge in [0.2, 0.25) is 0 Å². The molecule has 134 valence electrons. The standard InChI is InChI=1S/C19H11Cl3N4O/c20-12-8-14(22)17(9-13(12)21)26-25-10-5-6-18(27)11(7-10)19-23-15-3-1-2-4-16(15)24-19/h1-9,27H,(H,23,24). The van der Waals surface area contributed by atoms with Crippen molar-refractivity contribution in [3.8, 4) is 17.1 Å². The minimum Gasteiger partial charge on any atom is -0.507 e. The topological polar surface area (TPSA) is 73.6 Å². The van der Waals surface area contributed by atoms with Gasteiger partial charge in [-0.3, -0.25) is 0 Å². The predicted octanol–water partition coefficient (Wildman–Crippen LogP) is 7.31. The Morgan fingerprint density at radius 2 is 1.63 bits per heavy atom. The number of aromatic amines is 1. The van der Waals surface area contributed by atoms with Gasteiger partial charge in [0, 0.05) is 0 Å². The van der Waals surface area contributed by atoms with Crippen LogP contribution in [0.4, 0.5) is 11.4 Å². The van der Waals surface area contributed by atoms with Gasteiger partial charge in [-0.2, -0.15) is 5.11 Å². The van der Waals surface area contributed by atoms with Gasteiger partial charge in [-0.25, -0.2) is 4.98 Å². The van der Waals surface area contributed by atoms with Gasteiger partial charge in [0.15, 0.2) is 0 Å². The van der Waals surface area contributed by atoms with Crippen molar-refractivity contribution >= 4 is 57.2 Å². The van der Waals surface area contributed by atoms with Crippen LogP contribution in [0.25, 0.3) is 22.4 Å². The second-order valence-corrected chi connectivity index (χ2v) is 6.94. The molecule has 4 aromatic rings. The van der Waals surface area contributed by atoms with Crippen LogP contribution in [-0.4, -0.2) is 15.1 Å². The van der Waals surface area contributed by atoms with E-state index in [1.54, 1.807) is 12.1 Å². The summed E-state index contributed by atoms with van der Waals surface area (Å²) >= 11 is 18.0. The van der Waals surface area contributed by atoms with Crippen molar-refractivity contribution in [3.05, 3.63) is 69.7 Å². The van der Waals surface area contributed by atoms with Gasteiger partial charge in [-0.05, 0) is 42.5 Å². The van der Waals surface area contributed by atoms with Crippen LogP contribution in [0.15, 0.2) is 64.8 Å². The summed E-state index contributed by atoms with van der Waals surface area (Å²) in [6.07, 6.45) is 0. The van der Waals surface area contributed by atoms with Crippen LogP contribution in [0.1, 0.15) is 0 Å². The first-order valence-electron chi connectivity index (χ1n) is 7.86. The van der Waals surface area contributed by atoms with E-state index in [-0.39, 0.29) is 5.75 Å². The third-order valence-electron chi connectivity index (χ3n) is 3.89. The van der Waals surface area contributed by atoms with Crippen LogP contribution in [0, 0.1) is 0 Å². The van der Waals surface area contributed by atoms with Crippen LogP contribution in [0.3, 0.4) is 0 Å². The first-order chi connectivity index (χ1) is 13.0. The molecule has 3 aromatic carbocycles. The number of para-hydroxylation sites is 2. The van der Waals surface area contributed by atoms with E-state index in [0.29, 0.717) is 37.8 Å². The molecule has 4 rings (SSSR count). The van der Waals surface area contributed by atoms with Crippen molar-refractivity contribution in [2.24, 2.45) is 10.2 Å². The fourth-order valence-electron chi connectivity index (χ4n) is 2.56. The maximum atomic E-state index is 10.2. The molecule has 0 atom stereocenters. The summed E-state index contributed by atoms with van der Waals surface area (Å²) in [5.41, 5.74) is 3.11. The molecule has 0 amide bonds. The highest BCUT2D eigenvalue weighted by Crippen LogP contribution is 2.36. The van der Waals surface area contributed by atoms with E-state index in [0.717, 1.165) is 11.0 Å². The highest BCUT2D eigenvalue weighted by atomic mass is 35.5. The molecule has 0 saturated carbocycles. The van der Waals surface area contributed by atoms with E-state index in [1.165, 1.54) is 18.2 Å². The average Bonchev–Trinajstić information content (AvgIpc) is 3.08. The van der Waals surface area contributed by atoms with Crippen LogP contribution >= 0.6 is 34.8 Å². The summed E-state index contributed by atoms with van der Waals surface area (Å²) in [6, 6.07) is 15.5. The summed E-state index contributed by atoms with van der Waals surface area (Å²) in [7, 11) is 0. The lowest BCUT2D eigenvalue weighted by Crippen LogP contribution is -1.81. The highest BCUT2D eigenvalue weighted by Gasteiger charge is 2.11. The van der Waals surface area contributed by atoms with Crippen LogP contribution in [0.2, 0.25) is 15.1 Å². The van der Waals surface area contributed by atoms with Gasteiger partial charge >= 0.3 is 0 Å². The molecule has 0 fully saturated rings. The second kappa shape index (κ2) is 7.19. The first-order valence-corrected chi connectivity index (χ1v) is 8.99. The van der Waals surface area contributed by atoms with Crippen molar-refractivity contribution in [1.29, 1.82) is 0 Å². The van der Waals surface area contributed by atoms with Gasteiger partial charge < -0.3 is 10.1 Å². The normalized spacial score (nSPS) is 11.5. The fourth-order valence-corrected chi connectivity index (χ4v) is 3.14.